The van der Waals surface area contributed by atoms with Crippen molar-refractivity contribution in [2.45, 2.75) is 52.6 Å². The first-order valence-electron chi connectivity index (χ1n) is 12.1. The third-order valence-corrected chi connectivity index (χ3v) is 7.17. The fraction of sp³-hybridized carbons (Fsp3) is 0.276. The van der Waals surface area contributed by atoms with Gasteiger partial charge in [-0.3, -0.25) is 4.98 Å². The van der Waals surface area contributed by atoms with Gasteiger partial charge < -0.3 is 14.8 Å². The predicted molar refractivity (Wildman–Crippen MR) is 146 cm³/mol. The Morgan fingerprint density at radius 3 is 2.34 bits per heavy atom. The summed E-state index contributed by atoms with van der Waals surface area (Å²) in [6.45, 7) is 10.8. The van der Waals surface area contributed by atoms with Crippen LogP contribution in [0, 0.1) is 20.8 Å². The zero-order valence-electron chi connectivity index (χ0n) is 20.9. The van der Waals surface area contributed by atoms with Gasteiger partial charge in [-0.05, 0) is 98.1 Å². The molecule has 1 saturated heterocycles. The molecule has 0 saturated carbocycles. The minimum atomic E-state index is -0.0760. The Balaban J connectivity index is 1.66. The van der Waals surface area contributed by atoms with Crippen LogP contribution in [0.3, 0.4) is 0 Å². The highest BCUT2D eigenvalue weighted by molar-refractivity contribution is 7.80. The van der Waals surface area contributed by atoms with E-state index in [0.29, 0.717) is 11.0 Å². The standard InChI is InChI=1S/C29H31N5S/c1-18(2)22-9-11-23(12-10-22)34-28(27(32-29(34)35)25-8-6-7-14-30-25)24-17-20(4)33(21(24)5)26-16-19(3)13-15-31-26/h6-18,27-28H,1-5H3,(H,32,35)/t27-,28+/m0/s1. The molecule has 178 valence electrons. The Kier molecular flexibility index (Phi) is 6.15. The lowest BCUT2D eigenvalue weighted by Crippen LogP contribution is -2.29. The van der Waals surface area contributed by atoms with Gasteiger partial charge in [0.25, 0.3) is 0 Å². The minimum absolute atomic E-state index is 0.0490. The molecule has 2 atom stereocenters. The maximum Gasteiger partial charge on any atom is 0.174 e. The molecular formula is C29H31N5S. The molecule has 0 spiro atoms. The van der Waals surface area contributed by atoms with Gasteiger partial charge in [0.05, 0.1) is 17.8 Å². The van der Waals surface area contributed by atoms with Gasteiger partial charge in [-0.2, -0.15) is 0 Å². The number of hydrogen-bond acceptors (Lipinski definition) is 3. The van der Waals surface area contributed by atoms with Gasteiger partial charge in [0, 0.05) is 29.5 Å². The Morgan fingerprint density at radius 2 is 1.69 bits per heavy atom. The van der Waals surface area contributed by atoms with E-state index in [9.17, 15) is 0 Å². The van der Waals surface area contributed by atoms with Gasteiger partial charge in [0.2, 0.25) is 0 Å². The molecule has 1 aromatic carbocycles. The van der Waals surface area contributed by atoms with Crippen LogP contribution in [0.4, 0.5) is 5.69 Å². The molecule has 4 aromatic rings. The van der Waals surface area contributed by atoms with Gasteiger partial charge in [-0.25, -0.2) is 4.98 Å². The van der Waals surface area contributed by atoms with Crippen LogP contribution in [0.5, 0.6) is 0 Å². The van der Waals surface area contributed by atoms with Crippen molar-refractivity contribution in [1.29, 1.82) is 0 Å². The van der Waals surface area contributed by atoms with Crippen LogP contribution in [-0.2, 0) is 0 Å². The molecule has 0 radical (unpaired) electrons. The first-order chi connectivity index (χ1) is 16.8. The lowest BCUT2D eigenvalue weighted by Gasteiger charge is -2.28. The molecule has 0 amide bonds. The zero-order chi connectivity index (χ0) is 24.7. The van der Waals surface area contributed by atoms with Gasteiger partial charge in [-0.15, -0.1) is 0 Å². The van der Waals surface area contributed by atoms with Crippen LogP contribution >= 0.6 is 12.2 Å². The van der Waals surface area contributed by atoms with Crippen molar-refractivity contribution in [3.05, 3.63) is 107 Å². The van der Waals surface area contributed by atoms with Gasteiger partial charge in [0.1, 0.15) is 5.82 Å². The van der Waals surface area contributed by atoms with E-state index in [-0.39, 0.29) is 12.1 Å². The second kappa shape index (κ2) is 9.27. The van der Waals surface area contributed by atoms with E-state index in [2.05, 4.69) is 96.9 Å². The third kappa shape index (κ3) is 4.23. The number of aryl methyl sites for hydroxylation is 2. The highest BCUT2D eigenvalue weighted by atomic mass is 32.1. The van der Waals surface area contributed by atoms with E-state index in [1.807, 2.05) is 30.6 Å². The van der Waals surface area contributed by atoms with Crippen LogP contribution < -0.4 is 10.2 Å². The Bertz CT molecular complexity index is 1360. The second-order valence-corrected chi connectivity index (χ2v) is 9.98. The highest BCUT2D eigenvalue weighted by Gasteiger charge is 2.42. The lowest BCUT2D eigenvalue weighted by atomic mass is 9.96. The largest absolute Gasteiger partial charge is 0.351 e. The van der Waals surface area contributed by atoms with E-state index in [4.69, 9.17) is 17.2 Å². The van der Waals surface area contributed by atoms with Crippen LogP contribution in [-0.4, -0.2) is 19.6 Å². The van der Waals surface area contributed by atoms with Gasteiger partial charge >= 0.3 is 0 Å². The van der Waals surface area contributed by atoms with Crippen LogP contribution in [0.25, 0.3) is 5.82 Å². The average Bonchev–Trinajstić information content (AvgIpc) is 3.34. The Labute approximate surface area is 212 Å². The van der Waals surface area contributed by atoms with Crippen molar-refractivity contribution in [3.8, 4) is 5.82 Å². The summed E-state index contributed by atoms with van der Waals surface area (Å²) >= 11 is 5.92. The van der Waals surface area contributed by atoms with E-state index in [1.54, 1.807) is 0 Å². The number of thiocarbonyl (C=S) groups is 1. The molecule has 0 unspecified atom stereocenters. The van der Waals surface area contributed by atoms with E-state index < -0.39 is 0 Å². The monoisotopic (exact) mass is 481 g/mol. The van der Waals surface area contributed by atoms with Crippen LogP contribution in [0.15, 0.2) is 73.1 Å². The lowest BCUT2D eigenvalue weighted by molar-refractivity contribution is 0.565. The summed E-state index contributed by atoms with van der Waals surface area (Å²) in [5.74, 6) is 1.41. The van der Waals surface area contributed by atoms with Crippen LogP contribution in [0.2, 0.25) is 0 Å². The molecule has 5 rings (SSSR count). The highest BCUT2D eigenvalue weighted by Crippen LogP contribution is 2.43. The maximum absolute atomic E-state index is 5.92. The maximum atomic E-state index is 5.92. The molecule has 6 heteroatoms. The number of pyridine rings is 2. The molecule has 5 nitrogen and oxygen atoms in total. The summed E-state index contributed by atoms with van der Waals surface area (Å²) in [5, 5.41) is 4.29. The first-order valence-corrected chi connectivity index (χ1v) is 12.5. The summed E-state index contributed by atoms with van der Waals surface area (Å²) in [6.07, 6.45) is 3.71. The number of rotatable bonds is 5. The molecule has 1 aliphatic heterocycles. The molecule has 3 aromatic heterocycles. The topological polar surface area (TPSA) is 46.0 Å². The molecule has 4 heterocycles. The van der Waals surface area contributed by atoms with Crippen molar-refractivity contribution in [2.24, 2.45) is 0 Å². The predicted octanol–water partition coefficient (Wildman–Crippen LogP) is 6.49. The SMILES string of the molecule is Cc1ccnc(-n2c(C)cc([C@@H]3[C@H](c4ccccn4)NC(=S)N3c3ccc(C(C)C)cc3)c2C)c1. The zero-order valence-corrected chi connectivity index (χ0v) is 21.7. The Morgan fingerprint density at radius 1 is 0.914 bits per heavy atom. The number of anilines is 1. The minimum Gasteiger partial charge on any atom is -0.351 e. The van der Waals surface area contributed by atoms with Gasteiger partial charge in [-0.1, -0.05) is 32.0 Å². The van der Waals surface area contributed by atoms with E-state index in [0.717, 1.165) is 28.6 Å². The summed E-state index contributed by atoms with van der Waals surface area (Å²) in [7, 11) is 0. The summed E-state index contributed by atoms with van der Waals surface area (Å²) in [5.41, 5.74) is 8.06. The molecule has 0 aliphatic carbocycles. The second-order valence-electron chi connectivity index (χ2n) is 9.60. The number of hydrogen-bond donors (Lipinski definition) is 1. The fourth-order valence-electron chi connectivity index (χ4n) is 5.05. The molecule has 1 fully saturated rings. The summed E-state index contributed by atoms with van der Waals surface area (Å²) in [6, 6.07) is 21.1. The number of nitrogens with zero attached hydrogens (tertiary/aromatic N) is 4. The van der Waals surface area contributed by atoms with Crippen LogP contribution in [0.1, 0.15) is 65.6 Å². The fourth-order valence-corrected chi connectivity index (χ4v) is 5.40. The number of benzene rings is 1. The smallest absolute Gasteiger partial charge is 0.174 e. The Hall–Kier alpha value is -3.51. The summed E-state index contributed by atoms with van der Waals surface area (Å²) < 4.78 is 2.24. The molecule has 1 N–H and O–H groups in total. The summed E-state index contributed by atoms with van der Waals surface area (Å²) in [4.78, 5) is 11.6. The molecule has 1 aliphatic rings. The normalized spacial score (nSPS) is 17.8. The van der Waals surface area contributed by atoms with Crippen molar-refractivity contribution >= 4 is 23.0 Å². The number of aromatic nitrogens is 3. The van der Waals surface area contributed by atoms with E-state index in [1.165, 1.54) is 16.7 Å². The number of nitrogens with one attached hydrogen (secondary N) is 1. The van der Waals surface area contributed by atoms with Crippen molar-refractivity contribution < 1.29 is 0 Å². The van der Waals surface area contributed by atoms with Crippen molar-refractivity contribution in [3.63, 3.8) is 0 Å². The molecule has 35 heavy (non-hydrogen) atoms. The van der Waals surface area contributed by atoms with Gasteiger partial charge in [0.15, 0.2) is 5.11 Å². The first kappa shape index (κ1) is 23.2. The van der Waals surface area contributed by atoms with Crippen molar-refractivity contribution in [1.82, 2.24) is 19.9 Å². The van der Waals surface area contributed by atoms with E-state index >= 15 is 0 Å². The molecular weight excluding hydrogens is 450 g/mol. The average molecular weight is 482 g/mol. The quantitative estimate of drug-likeness (QED) is 0.330. The molecule has 0 bridgehead atoms. The third-order valence-electron chi connectivity index (χ3n) is 6.86. The van der Waals surface area contributed by atoms with Crippen molar-refractivity contribution in [2.75, 3.05) is 4.90 Å².